The van der Waals surface area contributed by atoms with Crippen LogP contribution >= 0.6 is 0 Å². The molecule has 0 saturated carbocycles. The molecule has 1 aliphatic heterocycles. The van der Waals surface area contributed by atoms with Crippen LogP contribution in [-0.2, 0) is 19.8 Å². The molecule has 1 fully saturated rings. The number of nitrogens with one attached hydrogen (secondary N) is 2. The van der Waals surface area contributed by atoms with Crippen molar-refractivity contribution in [3.8, 4) is 0 Å². The molecule has 2 aromatic rings. The highest BCUT2D eigenvalue weighted by atomic mass is 16.3. The van der Waals surface area contributed by atoms with Gasteiger partial charge >= 0.3 is 0 Å². The maximum atomic E-state index is 12.4. The highest BCUT2D eigenvalue weighted by molar-refractivity contribution is 6.04. The summed E-state index contributed by atoms with van der Waals surface area (Å²) >= 11 is 0. The van der Waals surface area contributed by atoms with Gasteiger partial charge in [0, 0.05) is 18.2 Å². The van der Waals surface area contributed by atoms with Crippen LogP contribution in [0.3, 0.4) is 0 Å². The summed E-state index contributed by atoms with van der Waals surface area (Å²) in [5.74, 6) is -0.167. The molecule has 1 atom stereocenters. The number of furan rings is 1. The third-order valence-corrected chi connectivity index (χ3v) is 4.72. The number of piperidine rings is 1. The van der Waals surface area contributed by atoms with E-state index in [1.165, 1.54) is 12.3 Å². The van der Waals surface area contributed by atoms with Crippen LogP contribution in [0.25, 0.3) is 6.08 Å². The van der Waals surface area contributed by atoms with Crippen molar-refractivity contribution in [2.24, 2.45) is 0 Å². The molecule has 1 aliphatic rings. The highest BCUT2D eigenvalue weighted by Gasteiger charge is 2.42. The van der Waals surface area contributed by atoms with E-state index in [4.69, 9.17) is 4.42 Å². The molecule has 134 valence electrons. The minimum Gasteiger partial charge on any atom is -0.465 e. The first-order valence-electron chi connectivity index (χ1n) is 8.51. The van der Waals surface area contributed by atoms with E-state index < -0.39 is 5.41 Å². The number of carbonyl (C=O) groups is 3. The fourth-order valence-electron chi connectivity index (χ4n) is 3.17. The molecule has 0 spiro atoms. The third-order valence-electron chi connectivity index (χ3n) is 4.72. The lowest BCUT2D eigenvalue weighted by molar-refractivity contribution is -0.138. The first kappa shape index (κ1) is 17.7. The summed E-state index contributed by atoms with van der Waals surface area (Å²) in [6.07, 6.45) is 5.93. The predicted molar refractivity (Wildman–Crippen MR) is 97.2 cm³/mol. The highest BCUT2D eigenvalue weighted by Crippen LogP contribution is 2.36. The Balaban J connectivity index is 1.70. The fourth-order valence-corrected chi connectivity index (χ4v) is 3.17. The first-order valence-corrected chi connectivity index (χ1v) is 8.51. The van der Waals surface area contributed by atoms with Gasteiger partial charge in [0.05, 0.1) is 11.7 Å². The van der Waals surface area contributed by atoms with Crippen LogP contribution < -0.4 is 10.6 Å². The van der Waals surface area contributed by atoms with Gasteiger partial charge in [-0.05, 0) is 48.7 Å². The largest absolute Gasteiger partial charge is 0.465 e. The number of imide groups is 1. The van der Waals surface area contributed by atoms with Gasteiger partial charge in [0.25, 0.3) is 0 Å². The van der Waals surface area contributed by atoms with Crippen LogP contribution in [0.1, 0.15) is 37.5 Å². The number of benzene rings is 1. The second kappa shape index (κ2) is 7.39. The summed E-state index contributed by atoms with van der Waals surface area (Å²) in [6, 6.07) is 10.7. The molecule has 6 nitrogen and oxygen atoms in total. The van der Waals surface area contributed by atoms with Crippen LogP contribution in [0.15, 0.2) is 53.2 Å². The van der Waals surface area contributed by atoms with Crippen molar-refractivity contribution >= 4 is 29.5 Å². The molecule has 6 heteroatoms. The van der Waals surface area contributed by atoms with E-state index in [-0.39, 0.29) is 17.7 Å². The first-order chi connectivity index (χ1) is 12.5. The molecule has 1 unspecified atom stereocenters. The number of hydrogen-bond donors (Lipinski definition) is 2. The third kappa shape index (κ3) is 3.59. The van der Waals surface area contributed by atoms with Crippen molar-refractivity contribution in [3.63, 3.8) is 0 Å². The second-order valence-electron chi connectivity index (χ2n) is 6.23. The molecule has 1 saturated heterocycles. The van der Waals surface area contributed by atoms with Gasteiger partial charge in [0.2, 0.25) is 17.7 Å². The van der Waals surface area contributed by atoms with Gasteiger partial charge in [0.1, 0.15) is 5.76 Å². The molecule has 1 aromatic carbocycles. The van der Waals surface area contributed by atoms with Crippen molar-refractivity contribution in [2.75, 3.05) is 5.32 Å². The molecule has 1 aromatic heterocycles. The van der Waals surface area contributed by atoms with Crippen molar-refractivity contribution in [1.29, 1.82) is 0 Å². The van der Waals surface area contributed by atoms with Gasteiger partial charge in [-0.15, -0.1) is 0 Å². The second-order valence-corrected chi connectivity index (χ2v) is 6.23. The summed E-state index contributed by atoms with van der Waals surface area (Å²) in [5.41, 5.74) is 0.769. The zero-order valence-corrected chi connectivity index (χ0v) is 14.5. The number of anilines is 1. The van der Waals surface area contributed by atoms with Gasteiger partial charge in [0.15, 0.2) is 0 Å². The van der Waals surface area contributed by atoms with E-state index >= 15 is 0 Å². The predicted octanol–water partition coefficient (Wildman–Crippen LogP) is 3.02. The lowest BCUT2D eigenvalue weighted by Gasteiger charge is -2.35. The van der Waals surface area contributed by atoms with Crippen molar-refractivity contribution < 1.29 is 18.8 Å². The molecular formula is C20H20N2O4. The van der Waals surface area contributed by atoms with Gasteiger partial charge in [-0.2, -0.15) is 0 Å². The Morgan fingerprint density at radius 2 is 2.04 bits per heavy atom. The molecule has 26 heavy (non-hydrogen) atoms. The number of amides is 3. The zero-order chi connectivity index (χ0) is 18.6. The topological polar surface area (TPSA) is 88.4 Å². The summed E-state index contributed by atoms with van der Waals surface area (Å²) < 4.78 is 5.13. The van der Waals surface area contributed by atoms with Gasteiger partial charge in [-0.1, -0.05) is 19.1 Å². The number of carbonyl (C=O) groups excluding carboxylic acids is 3. The van der Waals surface area contributed by atoms with E-state index in [0.717, 1.165) is 5.56 Å². The SMILES string of the molecule is CCC1(c2ccc(NC(=O)/C=C/c3ccco3)cc2)CCC(=O)NC1=O. The van der Waals surface area contributed by atoms with Crippen molar-refractivity contribution in [1.82, 2.24) is 5.32 Å². The van der Waals surface area contributed by atoms with E-state index in [1.807, 2.05) is 19.1 Å². The van der Waals surface area contributed by atoms with Crippen molar-refractivity contribution in [2.45, 2.75) is 31.6 Å². The van der Waals surface area contributed by atoms with Crippen LogP contribution in [0, 0.1) is 0 Å². The Morgan fingerprint density at radius 1 is 1.27 bits per heavy atom. The van der Waals surface area contributed by atoms with Gasteiger partial charge in [-0.3, -0.25) is 19.7 Å². The Bertz CT molecular complexity index is 837. The Kier molecular flexibility index (Phi) is 5.02. The van der Waals surface area contributed by atoms with Crippen molar-refractivity contribution in [3.05, 3.63) is 60.1 Å². The minimum atomic E-state index is -0.699. The van der Waals surface area contributed by atoms with Crippen LogP contribution in [-0.4, -0.2) is 17.7 Å². The molecule has 0 aliphatic carbocycles. The van der Waals surface area contributed by atoms with Gasteiger partial charge in [-0.25, -0.2) is 0 Å². The van der Waals surface area contributed by atoms with E-state index in [9.17, 15) is 14.4 Å². The average Bonchev–Trinajstić information content (AvgIpc) is 3.15. The Morgan fingerprint density at radius 3 is 2.65 bits per heavy atom. The number of hydrogen-bond acceptors (Lipinski definition) is 4. The quantitative estimate of drug-likeness (QED) is 0.639. The zero-order valence-electron chi connectivity index (χ0n) is 14.5. The van der Waals surface area contributed by atoms with E-state index in [0.29, 0.717) is 30.7 Å². The maximum Gasteiger partial charge on any atom is 0.248 e. The average molecular weight is 352 g/mol. The van der Waals surface area contributed by atoms with E-state index in [2.05, 4.69) is 10.6 Å². The molecule has 0 radical (unpaired) electrons. The lowest BCUT2D eigenvalue weighted by atomic mass is 9.72. The van der Waals surface area contributed by atoms with E-state index in [1.54, 1.807) is 30.3 Å². The molecule has 0 bridgehead atoms. The molecule has 2 heterocycles. The Hall–Kier alpha value is -3.15. The Labute approximate surface area is 151 Å². The maximum absolute atomic E-state index is 12.4. The van der Waals surface area contributed by atoms with Crippen LogP contribution in [0.5, 0.6) is 0 Å². The molecule has 2 N–H and O–H groups in total. The monoisotopic (exact) mass is 352 g/mol. The van der Waals surface area contributed by atoms with Crippen LogP contribution in [0.2, 0.25) is 0 Å². The fraction of sp³-hybridized carbons (Fsp3) is 0.250. The molecular weight excluding hydrogens is 332 g/mol. The smallest absolute Gasteiger partial charge is 0.248 e. The number of rotatable bonds is 5. The summed E-state index contributed by atoms with van der Waals surface area (Å²) in [5, 5.41) is 5.19. The minimum absolute atomic E-state index is 0.230. The standard InChI is InChI=1S/C20H20N2O4/c1-2-20(12-11-18(24)22-19(20)25)14-5-7-15(8-6-14)21-17(23)10-9-16-4-3-13-26-16/h3-10,13H,2,11-12H2,1H3,(H,21,23)(H,22,24,25)/b10-9+. The summed E-state index contributed by atoms with van der Waals surface area (Å²) in [6.45, 7) is 1.94. The lowest BCUT2D eigenvalue weighted by Crippen LogP contribution is -2.51. The van der Waals surface area contributed by atoms with Crippen LogP contribution in [0.4, 0.5) is 5.69 Å². The molecule has 3 amide bonds. The molecule has 3 rings (SSSR count). The van der Waals surface area contributed by atoms with Gasteiger partial charge < -0.3 is 9.73 Å². The normalized spacial score (nSPS) is 20.2. The summed E-state index contributed by atoms with van der Waals surface area (Å²) in [4.78, 5) is 35.8. The summed E-state index contributed by atoms with van der Waals surface area (Å²) in [7, 11) is 0.